The van der Waals surface area contributed by atoms with Crippen molar-refractivity contribution in [3.63, 3.8) is 0 Å². The highest BCUT2D eigenvalue weighted by molar-refractivity contribution is 6.36. The Kier molecular flexibility index (Phi) is 4.67. The average Bonchev–Trinajstić information content (AvgIpc) is 2.50. The molecule has 0 spiro atoms. The highest BCUT2D eigenvalue weighted by atomic mass is 35.5. The Labute approximate surface area is 139 Å². The van der Waals surface area contributed by atoms with Crippen LogP contribution in [0.15, 0.2) is 42.5 Å². The molecule has 2 N–H and O–H groups in total. The molecular weight excluding hydrogens is 319 g/mol. The zero-order valence-electron chi connectivity index (χ0n) is 12.0. The molecule has 1 aliphatic heterocycles. The lowest BCUT2D eigenvalue weighted by molar-refractivity contribution is -0.907. The van der Waals surface area contributed by atoms with Crippen LogP contribution in [-0.2, 0) is 17.8 Å². The number of nitrogens with one attached hydrogen (secondary N) is 2. The Morgan fingerprint density at radius 2 is 1.91 bits per heavy atom. The van der Waals surface area contributed by atoms with Crippen LogP contribution in [-0.4, -0.2) is 19.0 Å². The highest BCUT2D eigenvalue weighted by Crippen LogP contribution is 2.25. The zero-order chi connectivity index (χ0) is 15.5. The minimum atomic E-state index is -0.0291. The van der Waals surface area contributed by atoms with E-state index in [2.05, 4.69) is 29.6 Å². The normalized spacial score (nSPS) is 16.9. The number of anilines is 1. The van der Waals surface area contributed by atoms with Crippen molar-refractivity contribution in [3.8, 4) is 0 Å². The fraction of sp³-hybridized carbons (Fsp3) is 0.235. The average molecular weight is 336 g/mol. The zero-order valence-corrected chi connectivity index (χ0v) is 13.5. The van der Waals surface area contributed by atoms with Crippen LogP contribution in [0.4, 0.5) is 5.69 Å². The molecule has 1 heterocycles. The lowest BCUT2D eigenvalue weighted by Gasteiger charge is -2.25. The van der Waals surface area contributed by atoms with Crippen molar-refractivity contribution in [2.75, 3.05) is 18.4 Å². The fourth-order valence-corrected chi connectivity index (χ4v) is 3.26. The maximum absolute atomic E-state index is 12.2. The first kappa shape index (κ1) is 15.3. The monoisotopic (exact) mass is 335 g/mol. The number of hydrogen-bond donors (Lipinski definition) is 2. The van der Waals surface area contributed by atoms with Crippen molar-refractivity contribution < 1.29 is 9.69 Å². The number of hydrogen-bond acceptors (Lipinski definition) is 1. The van der Waals surface area contributed by atoms with Crippen molar-refractivity contribution in [2.45, 2.75) is 13.0 Å². The van der Waals surface area contributed by atoms with Gasteiger partial charge in [0, 0.05) is 17.0 Å². The van der Waals surface area contributed by atoms with E-state index < -0.39 is 0 Å². The summed E-state index contributed by atoms with van der Waals surface area (Å²) >= 11 is 11.9. The number of rotatable bonds is 3. The van der Waals surface area contributed by atoms with Crippen LogP contribution in [0.5, 0.6) is 0 Å². The standard InChI is InChI=1S/C17H16Cl2N2O/c18-14-5-6-16(15(19)9-14)20-17(22)11-21-8-7-12-3-1-2-4-13(12)10-21/h1-6,9H,7-8,10-11H2,(H,20,22)/p+1. The predicted molar refractivity (Wildman–Crippen MR) is 89.6 cm³/mol. The third kappa shape index (κ3) is 3.61. The maximum Gasteiger partial charge on any atom is 0.279 e. The van der Waals surface area contributed by atoms with Gasteiger partial charge in [-0.1, -0.05) is 47.5 Å². The minimum Gasteiger partial charge on any atom is -0.323 e. The quantitative estimate of drug-likeness (QED) is 0.888. The highest BCUT2D eigenvalue weighted by Gasteiger charge is 2.21. The summed E-state index contributed by atoms with van der Waals surface area (Å²) in [5.74, 6) is -0.0291. The topological polar surface area (TPSA) is 33.5 Å². The van der Waals surface area contributed by atoms with Gasteiger partial charge < -0.3 is 10.2 Å². The molecule has 114 valence electrons. The van der Waals surface area contributed by atoms with E-state index in [0.29, 0.717) is 22.3 Å². The molecule has 0 saturated heterocycles. The molecule has 0 aromatic heterocycles. The number of benzene rings is 2. The molecule has 1 atom stereocenters. The van der Waals surface area contributed by atoms with Crippen molar-refractivity contribution in [1.29, 1.82) is 0 Å². The van der Waals surface area contributed by atoms with Gasteiger partial charge in [-0.05, 0) is 23.8 Å². The maximum atomic E-state index is 12.2. The summed E-state index contributed by atoms with van der Waals surface area (Å²) in [6.45, 7) is 2.30. The van der Waals surface area contributed by atoms with Crippen molar-refractivity contribution in [3.05, 3.63) is 63.6 Å². The molecule has 2 aromatic carbocycles. The Balaban J connectivity index is 1.61. The van der Waals surface area contributed by atoms with Gasteiger partial charge in [0.1, 0.15) is 6.54 Å². The van der Waals surface area contributed by atoms with Gasteiger partial charge in [-0.15, -0.1) is 0 Å². The summed E-state index contributed by atoms with van der Waals surface area (Å²) in [7, 11) is 0. The van der Waals surface area contributed by atoms with Crippen molar-refractivity contribution in [2.24, 2.45) is 0 Å². The van der Waals surface area contributed by atoms with Crippen molar-refractivity contribution >= 4 is 34.8 Å². The number of carbonyl (C=O) groups excluding carboxylic acids is 1. The minimum absolute atomic E-state index is 0.0291. The van der Waals surface area contributed by atoms with Gasteiger partial charge in [0.15, 0.2) is 6.54 Å². The first-order valence-electron chi connectivity index (χ1n) is 7.27. The van der Waals surface area contributed by atoms with Crippen molar-refractivity contribution in [1.82, 2.24) is 0 Å². The largest absolute Gasteiger partial charge is 0.323 e. The molecule has 3 rings (SSSR count). The molecule has 2 aromatic rings. The Morgan fingerprint density at radius 3 is 2.68 bits per heavy atom. The number of carbonyl (C=O) groups is 1. The first-order chi connectivity index (χ1) is 10.6. The summed E-state index contributed by atoms with van der Waals surface area (Å²) in [6.07, 6.45) is 1.01. The van der Waals surface area contributed by atoms with E-state index in [1.807, 2.05) is 0 Å². The number of halogens is 2. The van der Waals surface area contributed by atoms with Gasteiger partial charge in [-0.3, -0.25) is 4.79 Å². The van der Waals surface area contributed by atoms with Crippen LogP contribution in [0, 0.1) is 0 Å². The Hall–Kier alpha value is -1.55. The first-order valence-corrected chi connectivity index (χ1v) is 8.02. The van der Waals surface area contributed by atoms with Gasteiger partial charge in [0.25, 0.3) is 5.91 Å². The molecule has 0 bridgehead atoms. The number of amides is 1. The summed E-state index contributed by atoms with van der Waals surface area (Å²) < 4.78 is 0. The van der Waals surface area contributed by atoms with Gasteiger partial charge in [-0.25, -0.2) is 0 Å². The second-order valence-corrected chi connectivity index (χ2v) is 6.39. The van der Waals surface area contributed by atoms with E-state index in [1.54, 1.807) is 18.2 Å². The number of fused-ring (bicyclic) bond motifs is 1. The van der Waals surface area contributed by atoms with E-state index in [4.69, 9.17) is 23.2 Å². The molecule has 0 radical (unpaired) electrons. The number of quaternary nitrogens is 1. The van der Waals surface area contributed by atoms with Gasteiger partial charge >= 0.3 is 0 Å². The lowest BCUT2D eigenvalue weighted by atomic mass is 10.00. The predicted octanol–water partition coefficient (Wildman–Crippen LogP) is 2.57. The van der Waals surface area contributed by atoms with E-state index in [9.17, 15) is 4.79 Å². The molecule has 0 saturated carbocycles. The molecule has 1 unspecified atom stereocenters. The second kappa shape index (κ2) is 6.69. The molecule has 0 fully saturated rings. The molecule has 5 heteroatoms. The van der Waals surface area contributed by atoms with Crippen LogP contribution >= 0.6 is 23.2 Å². The molecule has 22 heavy (non-hydrogen) atoms. The smallest absolute Gasteiger partial charge is 0.279 e. The van der Waals surface area contributed by atoms with Crippen LogP contribution in [0.1, 0.15) is 11.1 Å². The summed E-state index contributed by atoms with van der Waals surface area (Å²) in [5.41, 5.74) is 3.33. The molecular formula is C17H17Cl2N2O+. The van der Waals surface area contributed by atoms with Gasteiger partial charge in [0.05, 0.1) is 17.3 Å². The summed E-state index contributed by atoms with van der Waals surface area (Å²) in [4.78, 5) is 13.5. The Bertz CT molecular complexity index is 703. The second-order valence-electron chi connectivity index (χ2n) is 5.54. The van der Waals surface area contributed by atoms with Crippen LogP contribution < -0.4 is 10.2 Å². The molecule has 0 aliphatic carbocycles. The fourth-order valence-electron chi connectivity index (χ4n) is 2.81. The molecule has 1 amide bonds. The summed E-state index contributed by atoms with van der Waals surface area (Å²) in [6, 6.07) is 13.5. The third-order valence-corrected chi connectivity index (χ3v) is 4.47. The summed E-state index contributed by atoms with van der Waals surface area (Å²) in [5, 5.41) is 3.87. The van der Waals surface area contributed by atoms with Crippen LogP contribution in [0.2, 0.25) is 10.0 Å². The van der Waals surface area contributed by atoms with E-state index in [1.165, 1.54) is 16.0 Å². The van der Waals surface area contributed by atoms with Gasteiger partial charge in [-0.2, -0.15) is 0 Å². The Morgan fingerprint density at radius 1 is 1.14 bits per heavy atom. The SMILES string of the molecule is O=C(C[NH+]1CCc2ccccc2C1)Nc1ccc(Cl)cc1Cl. The lowest BCUT2D eigenvalue weighted by Crippen LogP contribution is -3.12. The third-order valence-electron chi connectivity index (χ3n) is 3.92. The van der Waals surface area contributed by atoms with Crippen LogP contribution in [0.25, 0.3) is 0 Å². The molecule has 3 nitrogen and oxygen atoms in total. The van der Waals surface area contributed by atoms with Gasteiger partial charge in [0.2, 0.25) is 0 Å². The molecule has 1 aliphatic rings. The van der Waals surface area contributed by atoms with Crippen LogP contribution in [0.3, 0.4) is 0 Å². The van der Waals surface area contributed by atoms with E-state index in [-0.39, 0.29) is 5.91 Å². The van der Waals surface area contributed by atoms with E-state index >= 15 is 0 Å². The van der Waals surface area contributed by atoms with E-state index in [0.717, 1.165) is 19.5 Å².